The Bertz CT molecular complexity index is 1210. The van der Waals surface area contributed by atoms with Gasteiger partial charge in [0.1, 0.15) is 17.8 Å². The summed E-state index contributed by atoms with van der Waals surface area (Å²) in [6.45, 7) is 2.13. The van der Waals surface area contributed by atoms with Crippen molar-refractivity contribution >= 4 is 17.6 Å². The van der Waals surface area contributed by atoms with Gasteiger partial charge in [0, 0.05) is 17.3 Å². The Hall–Kier alpha value is -3.96. The van der Waals surface area contributed by atoms with Crippen molar-refractivity contribution in [1.82, 2.24) is 19.9 Å². The number of aryl methyl sites for hydroxylation is 1. The van der Waals surface area contributed by atoms with Crippen LogP contribution in [0.25, 0.3) is 0 Å². The van der Waals surface area contributed by atoms with Crippen molar-refractivity contribution < 1.29 is 31.9 Å². The Labute approximate surface area is 192 Å². The summed E-state index contributed by atoms with van der Waals surface area (Å²) in [5.41, 5.74) is 2.38. The summed E-state index contributed by atoms with van der Waals surface area (Å²) in [6.07, 6.45) is 0.779. The fraction of sp³-hybridized carbons (Fsp3) is 0.318. The zero-order valence-corrected chi connectivity index (χ0v) is 18.2. The molecule has 0 aromatic carbocycles. The topological polar surface area (TPSA) is 110 Å². The second kappa shape index (κ2) is 9.12. The standard InChI is InChI=1S/C22H20F3N5O4/c1-12-5-17(27-7-18(12)34-10-22(23,24)25)13(2)30-8-16-15(21(30)32)3-4-26-20(16)29-19(31)6-14-9-33-11-28-14/h3-5,7,9,11,13H,6,8,10H2,1-2H3,(H,26,29,31). The lowest BCUT2D eigenvalue weighted by atomic mass is 10.1. The maximum absolute atomic E-state index is 13.1. The van der Waals surface area contributed by atoms with Crippen LogP contribution in [-0.2, 0) is 17.8 Å². The molecule has 0 fully saturated rings. The number of rotatable bonds is 7. The number of anilines is 1. The van der Waals surface area contributed by atoms with E-state index < -0.39 is 18.8 Å². The molecule has 3 aromatic rings. The van der Waals surface area contributed by atoms with Crippen LogP contribution in [0.5, 0.6) is 5.75 Å². The van der Waals surface area contributed by atoms with Gasteiger partial charge in [-0.3, -0.25) is 14.6 Å². The van der Waals surface area contributed by atoms with Gasteiger partial charge >= 0.3 is 6.18 Å². The van der Waals surface area contributed by atoms with Gasteiger partial charge in [-0.2, -0.15) is 13.2 Å². The molecule has 1 N–H and O–H groups in total. The number of nitrogens with one attached hydrogen (secondary N) is 1. The third kappa shape index (κ3) is 5.00. The van der Waals surface area contributed by atoms with Gasteiger partial charge in [0.15, 0.2) is 13.0 Å². The first-order valence-corrected chi connectivity index (χ1v) is 10.2. The summed E-state index contributed by atoms with van der Waals surface area (Å²) in [6, 6.07) is 2.67. The van der Waals surface area contributed by atoms with Crippen LogP contribution in [0.3, 0.4) is 0 Å². The molecule has 0 spiro atoms. The number of fused-ring (bicyclic) bond motifs is 1. The first-order valence-electron chi connectivity index (χ1n) is 10.2. The number of halogens is 3. The lowest BCUT2D eigenvalue weighted by Gasteiger charge is -2.24. The highest BCUT2D eigenvalue weighted by atomic mass is 19.4. The molecule has 12 heteroatoms. The van der Waals surface area contributed by atoms with Crippen LogP contribution in [0.1, 0.15) is 45.8 Å². The number of nitrogens with zero attached hydrogens (tertiary/aromatic N) is 4. The zero-order valence-electron chi connectivity index (χ0n) is 18.2. The van der Waals surface area contributed by atoms with Crippen LogP contribution in [0.4, 0.5) is 19.0 Å². The largest absolute Gasteiger partial charge is 0.482 e. The van der Waals surface area contributed by atoms with Crippen molar-refractivity contribution in [2.75, 3.05) is 11.9 Å². The van der Waals surface area contributed by atoms with Gasteiger partial charge in [0.25, 0.3) is 5.91 Å². The number of oxazole rings is 1. The van der Waals surface area contributed by atoms with E-state index in [9.17, 15) is 22.8 Å². The van der Waals surface area contributed by atoms with Gasteiger partial charge in [0.2, 0.25) is 5.91 Å². The van der Waals surface area contributed by atoms with Gasteiger partial charge in [-0.25, -0.2) is 9.97 Å². The Balaban J connectivity index is 1.49. The molecule has 9 nitrogen and oxygen atoms in total. The van der Waals surface area contributed by atoms with Crippen molar-refractivity contribution in [3.8, 4) is 5.75 Å². The number of hydrogen-bond donors (Lipinski definition) is 1. The third-order valence-electron chi connectivity index (χ3n) is 5.33. The second-order valence-corrected chi connectivity index (χ2v) is 7.78. The fourth-order valence-electron chi connectivity index (χ4n) is 3.60. The molecular formula is C22H20F3N5O4. The minimum atomic E-state index is -4.46. The summed E-state index contributed by atoms with van der Waals surface area (Å²) >= 11 is 0. The molecule has 2 amide bonds. The maximum Gasteiger partial charge on any atom is 0.422 e. The lowest BCUT2D eigenvalue weighted by Crippen LogP contribution is -2.28. The molecule has 1 atom stereocenters. The van der Waals surface area contributed by atoms with Crippen molar-refractivity contribution in [3.05, 3.63) is 65.3 Å². The first kappa shape index (κ1) is 23.2. The molecule has 1 aliphatic rings. The van der Waals surface area contributed by atoms with Crippen LogP contribution in [0, 0.1) is 6.92 Å². The Morgan fingerprint density at radius 3 is 2.79 bits per heavy atom. The number of pyridine rings is 2. The Kier molecular flexibility index (Phi) is 6.22. The maximum atomic E-state index is 13.1. The normalized spacial score (nSPS) is 14.1. The fourth-order valence-corrected chi connectivity index (χ4v) is 3.60. The minimum Gasteiger partial charge on any atom is -0.482 e. The molecule has 0 bridgehead atoms. The van der Waals surface area contributed by atoms with Crippen LogP contribution < -0.4 is 10.1 Å². The van der Waals surface area contributed by atoms with E-state index in [0.717, 1.165) is 0 Å². The molecule has 0 aliphatic carbocycles. The van der Waals surface area contributed by atoms with Gasteiger partial charge in [-0.15, -0.1) is 0 Å². The highest BCUT2D eigenvalue weighted by Gasteiger charge is 2.35. The highest BCUT2D eigenvalue weighted by molar-refractivity contribution is 6.01. The summed E-state index contributed by atoms with van der Waals surface area (Å²) in [4.78, 5) is 39.3. The van der Waals surface area contributed by atoms with E-state index in [1.165, 1.54) is 25.1 Å². The Morgan fingerprint density at radius 1 is 1.32 bits per heavy atom. The van der Waals surface area contributed by atoms with Crippen molar-refractivity contribution in [3.63, 3.8) is 0 Å². The summed E-state index contributed by atoms with van der Waals surface area (Å²) in [5, 5.41) is 2.71. The zero-order chi connectivity index (χ0) is 24.5. The lowest BCUT2D eigenvalue weighted by molar-refractivity contribution is -0.153. The molecule has 1 unspecified atom stereocenters. The number of hydrogen-bond acceptors (Lipinski definition) is 7. The second-order valence-electron chi connectivity index (χ2n) is 7.78. The number of carbonyl (C=O) groups is 2. The molecule has 4 rings (SSSR count). The number of amides is 2. The predicted molar refractivity (Wildman–Crippen MR) is 112 cm³/mol. The van der Waals surface area contributed by atoms with Gasteiger partial charge in [-0.05, 0) is 31.5 Å². The number of aromatic nitrogens is 3. The summed E-state index contributed by atoms with van der Waals surface area (Å²) in [5.74, 6) is -0.339. The number of carbonyl (C=O) groups excluding carboxylic acids is 2. The SMILES string of the molecule is Cc1cc(C(C)N2Cc3c(ccnc3NC(=O)Cc3cocn3)C2=O)ncc1OCC(F)(F)F. The van der Waals surface area contributed by atoms with E-state index in [1.807, 2.05) is 0 Å². The molecule has 4 heterocycles. The van der Waals surface area contributed by atoms with Gasteiger partial charge in [0.05, 0.1) is 36.6 Å². The molecule has 0 saturated carbocycles. The average Bonchev–Trinajstić information content (AvgIpc) is 3.40. The first-order chi connectivity index (χ1) is 16.1. The number of ether oxygens (including phenoxy) is 1. The molecule has 1 aliphatic heterocycles. The van der Waals surface area contributed by atoms with Crippen LogP contribution >= 0.6 is 0 Å². The predicted octanol–water partition coefficient (Wildman–Crippen LogP) is 3.61. The van der Waals surface area contributed by atoms with E-state index in [4.69, 9.17) is 9.15 Å². The monoisotopic (exact) mass is 475 g/mol. The summed E-state index contributed by atoms with van der Waals surface area (Å²) < 4.78 is 47.0. The third-order valence-corrected chi connectivity index (χ3v) is 5.33. The molecule has 0 radical (unpaired) electrons. The summed E-state index contributed by atoms with van der Waals surface area (Å²) in [7, 11) is 0. The van der Waals surface area contributed by atoms with E-state index in [2.05, 4.69) is 20.3 Å². The van der Waals surface area contributed by atoms with E-state index in [-0.39, 0.29) is 36.3 Å². The minimum absolute atomic E-state index is 0.0120. The van der Waals surface area contributed by atoms with Crippen molar-refractivity contribution in [1.29, 1.82) is 0 Å². The van der Waals surface area contributed by atoms with Crippen LogP contribution in [0.2, 0.25) is 0 Å². The van der Waals surface area contributed by atoms with Crippen LogP contribution in [-0.4, -0.2) is 44.4 Å². The molecule has 0 saturated heterocycles. The smallest absolute Gasteiger partial charge is 0.422 e. The Morgan fingerprint density at radius 2 is 2.12 bits per heavy atom. The van der Waals surface area contributed by atoms with E-state index >= 15 is 0 Å². The van der Waals surface area contributed by atoms with Gasteiger partial charge < -0.3 is 19.4 Å². The highest BCUT2D eigenvalue weighted by Crippen LogP contribution is 2.34. The molecule has 34 heavy (non-hydrogen) atoms. The van der Waals surface area contributed by atoms with Crippen molar-refractivity contribution in [2.24, 2.45) is 0 Å². The number of alkyl halides is 3. The van der Waals surface area contributed by atoms with Gasteiger partial charge in [-0.1, -0.05) is 0 Å². The van der Waals surface area contributed by atoms with Crippen LogP contribution in [0.15, 0.2) is 41.6 Å². The van der Waals surface area contributed by atoms with E-state index in [1.54, 1.807) is 30.9 Å². The average molecular weight is 475 g/mol. The molecular weight excluding hydrogens is 455 g/mol. The quantitative estimate of drug-likeness (QED) is 0.556. The van der Waals surface area contributed by atoms with Crippen molar-refractivity contribution in [2.45, 2.75) is 39.0 Å². The molecule has 178 valence electrons. The van der Waals surface area contributed by atoms with E-state index in [0.29, 0.717) is 28.1 Å². The molecule has 3 aromatic heterocycles.